The number of amidine groups is 1. The highest BCUT2D eigenvalue weighted by Crippen LogP contribution is 2.41. The first-order chi connectivity index (χ1) is 11.2. The maximum atomic E-state index is 13.4. The molecular formula is C12H10F3N3O5S. The molecule has 0 amide bonds. The lowest BCUT2D eigenvalue weighted by molar-refractivity contribution is -0.148. The lowest BCUT2D eigenvalue weighted by atomic mass is 10.1. The molecule has 2 aliphatic heterocycles. The van der Waals surface area contributed by atoms with Gasteiger partial charge < -0.3 is 14.2 Å². The molecule has 12 heteroatoms. The molecule has 0 bridgehead atoms. The molecule has 0 spiro atoms. The van der Waals surface area contributed by atoms with Crippen molar-refractivity contribution < 1.29 is 35.8 Å². The third-order valence-corrected chi connectivity index (χ3v) is 3.96. The Hall–Kier alpha value is -2.50. The van der Waals surface area contributed by atoms with E-state index in [1.807, 2.05) is 0 Å². The molecule has 8 nitrogen and oxygen atoms in total. The number of hydrogen-bond acceptors (Lipinski definition) is 6. The second-order valence-electron chi connectivity index (χ2n) is 4.71. The molecule has 0 aromatic heterocycles. The SMILES string of the molecule is COC1=NS(=O)(=O)NC1=NC(c1ccc2c(c1)OCO2)C(F)(F)F. The van der Waals surface area contributed by atoms with Gasteiger partial charge in [0.1, 0.15) is 0 Å². The van der Waals surface area contributed by atoms with Gasteiger partial charge in [-0.1, -0.05) is 6.07 Å². The Bertz CT molecular complexity index is 835. The predicted molar refractivity (Wildman–Crippen MR) is 75.3 cm³/mol. The summed E-state index contributed by atoms with van der Waals surface area (Å²) in [5.74, 6) is -0.717. The first-order valence-electron chi connectivity index (χ1n) is 6.41. The number of fused-ring (bicyclic) bond motifs is 1. The van der Waals surface area contributed by atoms with Crippen LogP contribution in [0.25, 0.3) is 0 Å². The van der Waals surface area contributed by atoms with Gasteiger partial charge in [0, 0.05) is 0 Å². The average molecular weight is 365 g/mol. The minimum absolute atomic E-state index is 0.0930. The summed E-state index contributed by atoms with van der Waals surface area (Å²) in [6.07, 6.45) is -4.78. The molecule has 0 saturated heterocycles. The highest BCUT2D eigenvalue weighted by Gasteiger charge is 2.43. The highest BCUT2D eigenvalue weighted by atomic mass is 32.2. The van der Waals surface area contributed by atoms with Crippen LogP contribution < -0.4 is 14.2 Å². The van der Waals surface area contributed by atoms with Crippen LogP contribution in [0.2, 0.25) is 0 Å². The van der Waals surface area contributed by atoms with Crippen molar-refractivity contribution in [1.29, 1.82) is 0 Å². The minimum atomic E-state index is -4.78. The third kappa shape index (κ3) is 3.09. The van der Waals surface area contributed by atoms with Crippen molar-refractivity contribution in [2.24, 2.45) is 9.39 Å². The molecule has 0 fully saturated rings. The molecule has 2 aliphatic rings. The first-order valence-corrected chi connectivity index (χ1v) is 7.85. The second-order valence-corrected chi connectivity index (χ2v) is 6.05. The zero-order chi connectivity index (χ0) is 17.5. The van der Waals surface area contributed by atoms with Gasteiger partial charge in [-0.25, -0.2) is 9.71 Å². The Morgan fingerprint density at radius 3 is 2.71 bits per heavy atom. The number of nitrogens with zero attached hydrogens (tertiary/aromatic N) is 2. The van der Waals surface area contributed by atoms with Crippen LogP contribution in [0.1, 0.15) is 11.6 Å². The normalized spacial score (nSPS) is 21.3. The Labute approximate surface area is 134 Å². The summed E-state index contributed by atoms with van der Waals surface area (Å²) in [4.78, 5) is 3.44. The summed E-state index contributed by atoms with van der Waals surface area (Å²) >= 11 is 0. The van der Waals surface area contributed by atoms with Gasteiger partial charge in [-0.2, -0.15) is 21.6 Å². The van der Waals surface area contributed by atoms with Crippen molar-refractivity contribution in [2.45, 2.75) is 12.2 Å². The fourth-order valence-electron chi connectivity index (χ4n) is 2.11. The van der Waals surface area contributed by atoms with Gasteiger partial charge in [-0.15, -0.1) is 4.40 Å². The molecule has 24 heavy (non-hydrogen) atoms. The number of alkyl halides is 3. The lowest BCUT2D eigenvalue weighted by Crippen LogP contribution is -2.30. The number of ether oxygens (including phenoxy) is 3. The molecule has 2 heterocycles. The van der Waals surface area contributed by atoms with E-state index in [2.05, 4.69) is 14.1 Å². The summed E-state index contributed by atoms with van der Waals surface area (Å²) < 4.78 is 82.6. The number of halogens is 3. The summed E-state index contributed by atoms with van der Waals surface area (Å²) in [5.41, 5.74) is -0.249. The number of nitrogens with one attached hydrogen (secondary N) is 1. The van der Waals surface area contributed by atoms with Gasteiger partial charge in [-0.3, -0.25) is 0 Å². The number of benzene rings is 1. The highest BCUT2D eigenvalue weighted by molar-refractivity contribution is 7.89. The van der Waals surface area contributed by atoms with Gasteiger partial charge in [0.2, 0.25) is 12.6 Å². The molecule has 1 atom stereocenters. The van der Waals surface area contributed by atoms with E-state index in [0.717, 1.165) is 13.2 Å². The van der Waals surface area contributed by atoms with Crippen molar-refractivity contribution in [1.82, 2.24) is 4.72 Å². The van der Waals surface area contributed by atoms with Crippen LogP contribution in [0.4, 0.5) is 13.2 Å². The molecular weight excluding hydrogens is 355 g/mol. The van der Waals surface area contributed by atoms with Crippen LogP contribution in [0.3, 0.4) is 0 Å². The summed E-state index contributed by atoms with van der Waals surface area (Å²) in [5, 5.41) is 0. The predicted octanol–water partition coefficient (Wildman–Crippen LogP) is 1.31. The van der Waals surface area contributed by atoms with E-state index >= 15 is 0 Å². The Morgan fingerprint density at radius 2 is 2.04 bits per heavy atom. The maximum absolute atomic E-state index is 13.4. The first kappa shape index (κ1) is 16.4. The van der Waals surface area contributed by atoms with Crippen LogP contribution in [0, 0.1) is 0 Å². The van der Waals surface area contributed by atoms with E-state index in [0.29, 0.717) is 5.75 Å². The van der Waals surface area contributed by atoms with Crippen LogP contribution in [-0.2, 0) is 14.9 Å². The van der Waals surface area contributed by atoms with Crippen LogP contribution in [-0.4, -0.2) is 40.2 Å². The molecule has 0 saturated carbocycles. The quantitative estimate of drug-likeness (QED) is 0.852. The fourth-order valence-corrected chi connectivity index (χ4v) is 2.91. The molecule has 0 aliphatic carbocycles. The number of aliphatic imine (C=N–C) groups is 1. The van der Waals surface area contributed by atoms with Crippen LogP contribution in [0.15, 0.2) is 27.6 Å². The summed E-state index contributed by atoms with van der Waals surface area (Å²) in [7, 11) is -3.10. The third-order valence-electron chi connectivity index (χ3n) is 3.11. The largest absolute Gasteiger partial charge is 0.478 e. The molecule has 1 aromatic rings. The molecule has 0 radical (unpaired) electrons. The van der Waals surface area contributed by atoms with Crippen molar-refractivity contribution in [3.05, 3.63) is 23.8 Å². The van der Waals surface area contributed by atoms with Crippen LogP contribution >= 0.6 is 0 Å². The Kier molecular flexibility index (Phi) is 3.78. The van der Waals surface area contributed by atoms with E-state index in [4.69, 9.17) is 9.47 Å². The average Bonchev–Trinajstić information content (AvgIpc) is 3.05. The monoisotopic (exact) mass is 365 g/mol. The Morgan fingerprint density at radius 1 is 1.33 bits per heavy atom. The van der Waals surface area contributed by atoms with Gasteiger partial charge >= 0.3 is 16.4 Å². The van der Waals surface area contributed by atoms with Gasteiger partial charge in [0.15, 0.2) is 17.5 Å². The number of methoxy groups -OCH3 is 1. The number of hydrogen-bond donors (Lipinski definition) is 1. The standard InChI is InChI=1S/C12H10F3N3O5S/c1-21-11-10(17-24(19,20)18-11)16-9(12(13,14)15)6-2-3-7-8(4-6)23-5-22-7/h2-4,9H,5H2,1H3,(H,16,17). The lowest BCUT2D eigenvalue weighted by Gasteiger charge is -2.18. The van der Waals surface area contributed by atoms with Gasteiger partial charge in [0.05, 0.1) is 7.11 Å². The Balaban J connectivity index is 2.03. The molecule has 3 rings (SSSR count). The van der Waals surface area contributed by atoms with E-state index in [1.165, 1.54) is 12.1 Å². The van der Waals surface area contributed by atoms with Crippen molar-refractivity contribution >= 4 is 21.9 Å². The van der Waals surface area contributed by atoms with Crippen molar-refractivity contribution in [3.8, 4) is 11.5 Å². The van der Waals surface area contributed by atoms with Gasteiger partial charge in [-0.05, 0) is 17.7 Å². The van der Waals surface area contributed by atoms with E-state index in [1.54, 1.807) is 4.72 Å². The van der Waals surface area contributed by atoms with Crippen LogP contribution in [0.5, 0.6) is 11.5 Å². The smallest absolute Gasteiger partial charge is 0.415 e. The van der Waals surface area contributed by atoms with E-state index in [-0.39, 0.29) is 18.1 Å². The minimum Gasteiger partial charge on any atom is -0.478 e. The van der Waals surface area contributed by atoms with Crippen molar-refractivity contribution in [2.75, 3.05) is 13.9 Å². The number of rotatable bonds is 2. The zero-order valence-electron chi connectivity index (χ0n) is 12.0. The molecule has 1 N–H and O–H groups in total. The van der Waals surface area contributed by atoms with Crippen molar-refractivity contribution in [3.63, 3.8) is 0 Å². The summed E-state index contributed by atoms with van der Waals surface area (Å²) in [6, 6.07) is 1.28. The van der Waals surface area contributed by atoms with Gasteiger partial charge in [0.25, 0.3) is 5.90 Å². The topological polar surface area (TPSA) is 98.6 Å². The maximum Gasteiger partial charge on any atom is 0.415 e. The van der Waals surface area contributed by atoms with E-state index in [9.17, 15) is 21.6 Å². The zero-order valence-corrected chi connectivity index (χ0v) is 12.8. The van der Waals surface area contributed by atoms with E-state index < -0.39 is 34.2 Å². The summed E-state index contributed by atoms with van der Waals surface area (Å²) in [6.45, 7) is -0.0930. The fraction of sp³-hybridized carbons (Fsp3) is 0.333. The second kappa shape index (κ2) is 5.54. The molecule has 1 unspecified atom stereocenters. The molecule has 130 valence electrons. The molecule has 1 aromatic carbocycles.